The third-order valence-electron chi connectivity index (χ3n) is 3.74. The van der Waals surface area contributed by atoms with E-state index < -0.39 is 0 Å². The fourth-order valence-corrected chi connectivity index (χ4v) is 4.12. The van der Waals surface area contributed by atoms with E-state index in [1.165, 1.54) is 22.7 Å². The Labute approximate surface area is 146 Å². The number of benzene rings is 2. The Morgan fingerprint density at radius 1 is 0.583 bits per heavy atom. The predicted molar refractivity (Wildman–Crippen MR) is 98.0 cm³/mol. The van der Waals surface area contributed by atoms with Crippen LogP contribution in [-0.4, -0.2) is 9.35 Å². The van der Waals surface area contributed by atoms with Crippen LogP contribution in [0.3, 0.4) is 0 Å². The zero-order valence-electron chi connectivity index (χ0n) is 12.6. The van der Waals surface area contributed by atoms with Crippen molar-refractivity contribution in [2.24, 2.45) is 0 Å². The van der Waals surface area contributed by atoms with Gasteiger partial charge >= 0.3 is 0 Å². The van der Waals surface area contributed by atoms with Gasteiger partial charge < -0.3 is 0 Å². The molecule has 4 rings (SSSR count). The summed E-state index contributed by atoms with van der Waals surface area (Å²) in [6, 6.07) is 20.0. The summed E-state index contributed by atoms with van der Waals surface area (Å²) in [6.07, 6.45) is 0. The van der Waals surface area contributed by atoms with Crippen LogP contribution in [0.2, 0.25) is 0 Å². The summed E-state index contributed by atoms with van der Waals surface area (Å²) >= 11 is 2.73. The van der Waals surface area contributed by atoms with Gasteiger partial charge in [0.2, 0.25) is 9.60 Å². The van der Waals surface area contributed by atoms with E-state index in [-0.39, 0.29) is 0 Å². The normalized spacial score (nSPS) is 10.8. The van der Waals surface area contributed by atoms with Crippen LogP contribution in [0, 0.1) is 10.8 Å². The maximum atomic E-state index is 8.35. The fraction of sp³-hybridized carbons (Fsp3) is 0. The quantitative estimate of drug-likeness (QED) is 0.561. The standard InChI is InChI=1S/C18H14N4S2/c19-17-21(15(11-23-17)13-7-3-1-4-8-13)22-16(12-24-18(22)20)14-9-5-2-6-10-14/h1-12,19-20H. The van der Waals surface area contributed by atoms with Gasteiger partial charge in [-0.25, -0.2) is 9.35 Å². The Balaban J connectivity index is 2.00. The second-order valence-electron chi connectivity index (χ2n) is 5.21. The lowest BCUT2D eigenvalue weighted by Gasteiger charge is -2.13. The Kier molecular flexibility index (Phi) is 3.76. The molecule has 0 unspecified atom stereocenters. The van der Waals surface area contributed by atoms with E-state index >= 15 is 0 Å². The van der Waals surface area contributed by atoms with Gasteiger partial charge in [0.05, 0.1) is 11.4 Å². The van der Waals surface area contributed by atoms with E-state index in [9.17, 15) is 0 Å². The third kappa shape index (κ3) is 2.46. The molecule has 0 fully saturated rings. The summed E-state index contributed by atoms with van der Waals surface area (Å²) in [5.41, 5.74) is 3.90. The van der Waals surface area contributed by atoms with Crippen molar-refractivity contribution in [2.75, 3.05) is 0 Å². The molecular formula is C18H14N4S2. The minimum absolute atomic E-state index is 0.392. The van der Waals surface area contributed by atoms with Gasteiger partial charge in [0.15, 0.2) is 0 Å². The Hall–Kier alpha value is -2.70. The van der Waals surface area contributed by atoms with Crippen LogP contribution in [-0.2, 0) is 0 Å². The first-order valence-electron chi connectivity index (χ1n) is 7.37. The molecule has 4 nitrogen and oxygen atoms in total. The van der Waals surface area contributed by atoms with Gasteiger partial charge in [-0.3, -0.25) is 10.8 Å². The van der Waals surface area contributed by atoms with Gasteiger partial charge in [0, 0.05) is 21.9 Å². The lowest BCUT2D eigenvalue weighted by molar-refractivity contribution is 0.621. The van der Waals surface area contributed by atoms with Crippen LogP contribution in [0.25, 0.3) is 22.5 Å². The summed E-state index contributed by atoms with van der Waals surface area (Å²) in [6.45, 7) is 0. The topological polar surface area (TPSA) is 57.6 Å². The van der Waals surface area contributed by atoms with Gasteiger partial charge in [-0.05, 0) is 0 Å². The summed E-state index contributed by atoms with van der Waals surface area (Å²) in [5, 5.41) is 20.6. The molecule has 2 aromatic heterocycles. The molecule has 0 aliphatic rings. The van der Waals surface area contributed by atoms with Crippen LogP contribution >= 0.6 is 22.7 Å². The maximum Gasteiger partial charge on any atom is 0.202 e. The number of hydrogen-bond donors (Lipinski definition) is 2. The van der Waals surface area contributed by atoms with Crippen molar-refractivity contribution >= 4 is 22.7 Å². The summed E-state index contributed by atoms with van der Waals surface area (Å²) in [4.78, 5) is 0.783. The average molecular weight is 350 g/mol. The summed E-state index contributed by atoms with van der Waals surface area (Å²) in [5.74, 6) is 0. The number of nitrogens with zero attached hydrogens (tertiary/aromatic N) is 2. The minimum atomic E-state index is 0.392. The van der Waals surface area contributed by atoms with Crippen molar-refractivity contribution in [3.63, 3.8) is 0 Å². The highest BCUT2D eigenvalue weighted by molar-refractivity contribution is 7.07. The Morgan fingerprint density at radius 2 is 0.958 bits per heavy atom. The van der Waals surface area contributed by atoms with Crippen molar-refractivity contribution in [2.45, 2.75) is 0 Å². The van der Waals surface area contributed by atoms with Crippen molar-refractivity contribution in [3.8, 4) is 22.5 Å². The van der Waals surface area contributed by atoms with Gasteiger partial charge in [0.25, 0.3) is 0 Å². The number of hydrogen-bond acceptors (Lipinski definition) is 4. The molecule has 24 heavy (non-hydrogen) atoms. The van der Waals surface area contributed by atoms with Gasteiger partial charge in [-0.2, -0.15) is 0 Å². The molecule has 118 valence electrons. The van der Waals surface area contributed by atoms with Crippen LogP contribution in [0.1, 0.15) is 0 Å². The first kappa shape index (κ1) is 14.9. The smallest absolute Gasteiger partial charge is 0.202 e. The number of thiazole rings is 2. The molecule has 0 saturated carbocycles. The third-order valence-corrected chi connectivity index (χ3v) is 5.22. The van der Waals surface area contributed by atoms with E-state index in [1.807, 2.05) is 71.4 Å². The first-order chi connectivity index (χ1) is 11.8. The van der Waals surface area contributed by atoms with Gasteiger partial charge in [0.1, 0.15) is 0 Å². The molecule has 2 aromatic carbocycles. The van der Waals surface area contributed by atoms with Crippen molar-refractivity contribution in [1.82, 2.24) is 9.35 Å². The molecule has 4 aromatic rings. The molecule has 0 aliphatic carbocycles. The van der Waals surface area contributed by atoms with Crippen molar-refractivity contribution < 1.29 is 0 Å². The average Bonchev–Trinajstić information content (AvgIpc) is 3.19. The molecule has 6 heteroatoms. The highest BCUT2D eigenvalue weighted by atomic mass is 32.1. The summed E-state index contributed by atoms with van der Waals surface area (Å²) < 4.78 is 3.61. The highest BCUT2D eigenvalue weighted by Crippen LogP contribution is 2.24. The largest absolute Gasteiger partial charge is 0.274 e. The van der Waals surface area contributed by atoms with Gasteiger partial charge in [-0.15, -0.1) is 22.7 Å². The molecule has 0 amide bonds. The van der Waals surface area contributed by atoms with E-state index in [2.05, 4.69) is 0 Å². The van der Waals surface area contributed by atoms with Crippen LogP contribution < -0.4 is 9.60 Å². The maximum absolute atomic E-state index is 8.35. The molecule has 0 radical (unpaired) electrons. The van der Waals surface area contributed by atoms with E-state index in [1.54, 1.807) is 9.35 Å². The molecule has 0 bridgehead atoms. The van der Waals surface area contributed by atoms with Crippen molar-refractivity contribution in [1.29, 1.82) is 10.8 Å². The fourth-order valence-electron chi connectivity index (χ4n) is 2.64. The van der Waals surface area contributed by atoms with Crippen LogP contribution in [0.15, 0.2) is 71.4 Å². The summed E-state index contributed by atoms with van der Waals surface area (Å²) in [7, 11) is 0. The number of aromatic nitrogens is 2. The van der Waals surface area contributed by atoms with Crippen molar-refractivity contribution in [3.05, 3.63) is 81.0 Å². The second-order valence-corrected chi connectivity index (χ2v) is 6.92. The monoisotopic (exact) mass is 350 g/mol. The Morgan fingerprint density at radius 3 is 1.33 bits per heavy atom. The molecule has 0 saturated heterocycles. The zero-order valence-corrected chi connectivity index (χ0v) is 14.3. The van der Waals surface area contributed by atoms with Crippen LogP contribution in [0.5, 0.6) is 0 Å². The highest BCUT2D eigenvalue weighted by Gasteiger charge is 2.14. The van der Waals surface area contributed by atoms with E-state index in [4.69, 9.17) is 10.8 Å². The Bertz CT molecular complexity index is 996. The molecule has 2 heterocycles. The zero-order chi connectivity index (χ0) is 16.5. The van der Waals surface area contributed by atoms with Crippen LogP contribution in [0.4, 0.5) is 0 Å². The molecule has 0 aliphatic heterocycles. The molecule has 0 atom stereocenters. The van der Waals surface area contributed by atoms with E-state index in [0.717, 1.165) is 22.5 Å². The number of rotatable bonds is 3. The van der Waals surface area contributed by atoms with E-state index in [0.29, 0.717) is 9.60 Å². The lowest BCUT2D eigenvalue weighted by Crippen LogP contribution is -2.30. The molecule has 2 N–H and O–H groups in total. The minimum Gasteiger partial charge on any atom is -0.274 e. The number of nitrogens with one attached hydrogen (secondary N) is 2. The van der Waals surface area contributed by atoms with Gasteiger partial charge in [-0.1, -0.05) is 60.7 Å². The lowest BCUT2D eigenvalue weighted by atomic mass is 10.2. The first-order valence-corrected chi connectivity index (χ1v) is 9.13. The SMILES string of the molecule is N=c1scc(-c2ccccc2)n1-n1c(-c2ccccc2)csc1=N. The molecule has 0 spiro atoms. The molecular weight excluding hydrogens is 336 g/mol. The second kappa shape index (κ2) is 6.07. The predicted octanol–water partition coefficient (Wildman–Crippen LogP) is 4.02.